The van der Waals surface area contributed by atoms with Crippen molar-refractivity contribution in [2.45, 2.75) is 10.6 Å². The second-order valence-corrected chi connectivity index (χ2v) is 7.53. The molecule has 2 N–H and O–H groups in total. The molecule has 20 heavy (non-hydrogen) atoms. The Kier molecular flexibility index (Phi) is 4.36. The molecule has 0 bridgehead atoms. The number of hydrogen-bond donors (Lipinski definition) is 1. The predicted octanol–water partition coefficient (Wildman–Crippen LogP) is 3.80. The van der Waals surface area contributed by atoms with E-state index in [2.05, 4.69) is 15.9 Å². The first-order chi connectivity index (χ1) is 9.28. The van der Waals surface area contributed by atoms with Crippen molar-refractivity contribution >= 4 is 43.1 Å². The van der Waals surface area contributed by atoms with Crippen molar-refractivity contribution in [2.24, 2.45) is 0 Å². The van der Waals surface area contributed by atoms with Gasteiger partial charge in [-0.05, 0) is 35.9 Å². The lowest BCUT2D eigenvalue weighted by molar-refractivity contribution is 0.590. The first-order valence-electron chi connectivity index (χ1n) is 5.51. The third kappa shape index (κ3) is 3.50. The molecular formula is C13H10BrClFNO2S. The van der Waals surface area contributed by atoms with E-state index in [9.17, 15) is 12.8 Å². The smallest absolute Gasteiger partial charge is 0.182 e. The highest BCUT2D eigenvalue weighted by Crippen LogP contribution is 2.26. The summed E-state index contributed by atoms with van der Waals surface area (Å²) in [6.07, 6.45) is 0. The van der Waals surface area contributed by atoms with Gasteiger partial charge in [0.1, 0.15) is 5.82 Å². The summed E-state index contributed by atoms with van der Waals surface area (Å²) >= 11 is 9.23. The fourth-order valence-electron chi connectivity index (χ4n) is 1.69. The standard InChI is InChI=1S/C13H10BrClFNO2S/c14-9-2-1-8(13(15)3-9)7-20(18,19)12-5-10(16)4-11(17)6-12/h1-6H,7,17H2. The number of halogens is 3. The molecule has 2 aromatic carbocycles. The van der Waals surface area contributed by atoms with Crippen LogP contribution in [0.25, 0.3) is 0 Å². The van der Waals surface area contributed by atoms with Crippen molar-refractivity contribution in [3.05, 3.63) is 57.3 Å². The lowest BCUT2D eigenvalue weighted by Crippen LogP contribution is -2.06. The van der Waals surface area contributed by atoms with E-state index in [1.54, 1.807) is 18.2 Å². The summed E-state index contributed by atoms with van der Waals surface area (Å²) in [5.74, 6) is -1.01. The van der Waals surface area contributed by atoms with E-state index < -0.39 is 15.7 Å². The van der Waals surface area contributed by atoms with Crippen LogP contribution in [-0.4, -0.2) is 8.42 Å². The van der Waals surface area contributed by atoms with Gasteiger partial charge in [-0.3, -0.25) is 0 Å². The molecule has 0 aromatic heterocycles. The number of hydrogen-bond acceptors (Lipinski definition) is 3. The van der Waals surface area contributed by atoms with Crippen LogP contribution in [0.5, 0.6) is 0 Å². The molecule has 0 aliphatic rings. The van der Waals surface area contributed by atoms with Gasteiger partial charge in [0.25, 0.3) is 0 Å². The van der Waals surface area contributed by atoms with Gasteiger partial charge in [0.2, 0.25) is 0 Å². The largest absolute Gasteiger partial charge is 0.399 e. The lowest BCUT2D eigenvalue weighted by atomic mass is 10.2. The Hall–Kier alpha value is -1.11. The topological polar surface area (TPSA) is 60.2 Å². The van der Waals surface area contributed by atoms with Crippen LogP contribution in [0.4, 0.5) is 10.1 Å². The average molecular weight is 379 g/mol. The SMILES string of the molecule is Nc1cc(F)cc(S(=O)(=O)Cc2ccc(Br)cc2Cl)c1. The average Bonchev–Trinajstić information content (AvgIpc) is 2.31. The van der Waals surface area contributed by atoms with E-state index in [0.717, 1.165) is 16.6 Å². The van der Waals surface area contributed by atoms with Crippen LogP contribution in [0.3, 0.4) is 0 Å². The van der Waals surface area contributed by atoms with E-state index in [4.69, 9.17) is 17.3 Å². The number of sulfone groups is 1. The molecule has 0 spiro atoms. The van der Waals surface area contributed by atoms with E-state index in [1.807, 2.05) is 0 Å². The molecule has 7 heteroatoms. The zero-order chi connectivity index (χ0) is 14.9. The Balaban J connectivity index is 2.40. The molecule has 0 saturated heterocycles. The van der Waals surface area contributed by atoms with Crippen molar-refractivity contribution in [3.63, 3.8) is 0 Å². The summed E-state index contributed by atoms with van der Waals surface area (Å²) in [6, 6.07) is 8.13. The van der Waals surface area contributed by atoms with Crippen molar-refractivity contribution in [2.75, 3.05) is 5.73 Å². The van der Waals surface area contributed by atoms with E-state index in [-0.39, 0.29) is 16.3 Å². The molecule has 2 rings (SSSR count). The van der Waals surface area contributed by atoms with Crippen LogP contribution in [0.1, 0.15) is 5.56 Å². The first kappa shape index (κ1) is 15.3. The van der Waals surface area contributed by atoms with Gasteiger partial charge in [0.15, 0.2) is 9.84 Å². The maximum Gasteiger partial charge on any atom is 0.182 e. The molecule has 0 fully saturated rings. The number of anilines is 1. The molecule has 0 heterocycles. The van der Waals surface area contributed by atoms with Gasteiger partial charge in [0.05, 0.1) is 10.6 Å². The quantitative estimate of drug-likeness (QED) is 0.827. The number of benzene rings is 2. The molecule has 0 atom stereocenters. The first-order valence-corrected chi connectivity index (χ1v) is 8.33. The van der Waals surface area contributed by atoms with E-state index in [0.29, 0.717) is 10.6 Å². The molecule has 0 unspecified atom stereocenters. The second-order valence-electron chi connectivity index (χ2n) is 4.22. The molecule has 3 nitrogen and oxygen atoms in total. The van der Waals surface area contributed by atoms with Crippen LogP contribution in [-0.2, 0) is 15.6 Å². The van der Waals surface area contributed by atoms with Crippen molar-refractivity contribution in [1.29, 1.82) is 0 Å². The minimum atomic E-state index is -3.71. The highest BCUT2D eigenvalue weighted by molar-refractivity contribution is 9.10. The zero-order valence-corrected chi connectivity index (χ0v) is 13.3. The Labute approximate surface area is 129 Å². The fraction of sp³-hybridized carbons (Fsp3) is 0.0769. The van der Waals surface area contributed by atoms with Crippen LogP contribution in [0, 0.1) is 5.82 Å². The number of nitrogens with two attached hydrogens (primary N) is 1. The van der Waals surface area contributed by atoms with Gasteiger partial charge in [-0.15, -0.1) is 0 Å². The maximum absolute atomic E-state index is 13.3. The van der Waals surface area contributed by atoms with Gasteiger partial charge in [0, 0.05) is 15.2 Å². The fourth-order valence-corrected chi connectivity index (χ4v) is 3.95. The van der Waals surface area contributed by atoms with Crippen LogP contribution in [0.2, 0.25) is 5.02 Å². The van der Waals surface area contributed by atoms with E-state index in [1.165, 1.54) is 6.07 Å². The van der Waals surface area contributed by atoms with Gasteiger partial charge < -0.3 is 5.73 Å². The van der Waals surface area contributed by atoms with E-state index >= 15 is 0 Å². The highest BCUT2D eigenvalue weighted by atomic mass is 79.9. The summed E-state index contributed by atoms with van der Waals surface area (Å²) in [4.78, 5) is -0.158. The molecule has 0 aliphatic heterocycles. The van der Waals surface area contributed by atoms with Gasteiger partial charge in [-0.25, -0.2) is 12.8 Å². The molecule has 106 valence electrons. The molecule has 0 saturated carbocycles. The minimum absolute atomic E-state index is 0.0606. The van der Waals surface area contributed by atoms with Crippen LogP contribution < -0.4 is 5.73 Å². The predicted molar refractivity (Wildman–Crippen MR) is 80.9 cm³/mol. The molecular weight excluding hydrogens is 369 g/mol. The molecule has 2 aromatic rings. The third-order valence-corrected chi connectivity index (χ3v) is 5.10. The van der Waals surface area contributed by atoms with Crippen LogP contribution >= 0.6 is 27.5 Å². The Morgan fingerprint density at radius 2 is 1.90 bits per heavy atom. The Morgan fingerprint density at radius 3 is 2.50 bits per heavy atom. The minimum Gasteiger partial charge on any atom is -0.399 e. The van der Waals surface area contributed by atoms with Crippen LogP contribution in [0.15, 0.2) is 45.8 Å². The summed E-state index contributed by atoms with van der Waals surface area (Å²) in [5.41, 5.74) is 5.97. The summed E-state index contributed by atoms with van der Waals surface area (Å²) in [5, 5.41) is 0.326. The normalized spacial score (nSPS) is 11.6. The van der Waals surface area contributed by atoms with Crippen molar-refractivity contribution in [3.8, 4) is 0 Å². The number of nitrogen functional groups attached to an aromatic ring is 1. The second kappa shape index (κ2) is 5.71. The van der Waals surface area contributed by atoms with Crippen molar-refractivity contribution in [1.82, 2.24) is 0 Å². The highest BCUT2D eigenvalue weighted by Gasteiger charge is 2.18. The zero-order valence-electron chi connectivity index (χ0n) is 10.1. The molecule has 0 aliphatic carbocycles. The maximum atomic E-state index is 13.3. The Morgan fingerprint density at radius 1 is 1.20 bits per heavy atom. The number of rotatable bonds is 3. The summed E-state index contributed by atoms with van der Waals surface area (Å²) in [7, 11) is -3.71. The van der Waals surface area contributed by atoms with Crippen molar-refractivity contribution < 1.29 is 12.8 Å². The lowest BCUT2D eigenvalue weighted by Gasteiger charge is -2.08. The molecule has 0 radical (unpaired) electrons. The monoisotopic (exact) mass is 377 g/mol. The van der Waals surface area contributed by atoms with Gasteiger partial charge in [-0.1, -0.05) is 33.6 Å². The van der Waals surface area contributed by atoms with Gasteiger partial charge in [-0.2, -0.15) is 0 Å². The third-order valence-electron chi connectivity index (χ3n) is 2.61. The molecule has 0 amide bonds. The summed E-state index contributed by atoms with van der Waals surface area (Å²) < 4.78 is 38.5. The summed E-state index contributed by atoms with van der Waals surface area (Å²) in [6.45, 7) is 0. The van der Waals surface area contributed by atoms with Gasteiger partial charge >= 0.3 is 0 Å². The Bertz CT molecular complexity index is 745.